The van der Waals surface area contributed by atoms with Gasteiger partial charge in [0.05, 0.1) is 10.5 Å². The molecule has 2 rings (SSSR count). The van der Waals surface area contributed by atoms with Crippen molar-refractivity contribution in [2.45, 2.75) is 13.8 Å². The van der Waals surface area contributed by atoms with Crippen LogP contribution in [-0.2, 0) is 4.79 Å². The number of nitrogens with two attached hydrogens (primary N) is 1. The van der Waals surface area contributed by atoms with Crippen LogP contribution in [0.3, 0.4) is 0 Å². The van der Waals surface area contributed by atoms with Gasteiger partial charge >= 0.3 is 5.69 Å². The van der Waals surface area contributed by atoms with Gasteiger partial charge < -0.3 is 15.8 Å². The predicted octanol–water partition coefficient (Wildman–Crippen LogP) is 2.39. The van der Waals surface area contributed by atoms with Gasteiger partial charge in [0.25, 0.3) is 11.8 Å². The number of thiophene rings is 1. The van der Waals surface area contributed by atoms with Crippen molar-refractivity contribution < 1.29 is 19.2 Å². The first-order chi connectivity index (χ1) is 11.3. The zero-order valence-corrected chi connectivity index (χ0v) is 13.8. The molecule has 1 heterocycles. The summed E-state index contributed by atoms with van der Waals surface area (Å²) in [5.74, 6) is -1.19. The van der Waals surface area contributed by atoms with Gasteiger partial charge in [-0.3, -0.25) is 19.7 Å². The molecule has 0 unspecified atom stereocenters. The molecule has 0 aliphatic rings. The molecule has 0 radical (unpaired) electrons. The van der Waals surface area contributed by atoms with Gasteiger partial charge in [-0.15, -0.1) is 11.3 Å². The number of aryl methyl sites for hydroxylation is 1. The maximum atomic E-state index is 12.0. The molecule has 2 amide bonds. The molecule has 8 nitrogen and oxygen atoms in total. The van der Waals surface area contributed by atoms with Gasteiger partial charge in [0, 0.05) is 10.9 Å². The van der Waals surface area contributed by atoms with Gasteiger partial charge in [-0.1, -0.05) is 12.1 Å². The van der Waals surface area contributed by atoms with Crippen molar-refractivity contribution in [3.05, 3.63) is 50.4 Å². The minimum absolute atomic E-state index is 0.00804. The van der Waals surface area contributed by atoms with Crippen molar-refractivity contribution >= 4 is 33.8 Å². The standard InChI is InChI=1S/C15H15N3O5S/c1-8-9(2)24-15(13(8)14(16)20)17-12(19)7-23-11-6-4-3-5-10(11)18(21)22/h3-6H,7H2,1-2H3,(H2,16,20)(H,17,19). The molecule has 0 bridgehead atoms. The second-order valence-electron chi connectivity index (χ2n) is 4.91. The Bertz CT molecular complexity index is 815. The summed E-state index contributed by atoms with van der Waals surface area (Å²) in [6.07, 6.45) is 0. The van der Waals surface area contributed by atoms with E-state index in [1.165, 1.54) is 29.5 Å². The molecule has 1 aromatic heterocycles. The number of hydrogen-bond donors (Lipinski definition) is 2. The van der Waals surface area contributed by atoms with Gasteiger partial charge in [0.1, 0.15) is 5.00 Å². The van der Waals surface area contributed by atoms with Crippen LogP contribution >= 0.6 is 11.3 Å². The van der Waals surface area contributed by atoms with Crippen molar-refractivity contribution in [2.75, 3.05) is 11.9 Å². The number of rotatable bonds is 6. The number of nitro groups is 1. The molecule has 0 saturated heterocycles. The lowest BCUT2D eigenvalue weighted by Gasteiger charge is -2.07. The van der Waals surface area contributed by atoms with Crippen molar-refractivity contribution in [3.8, 4) is 5.75 Å². The average Bonchev–Trinajstić information content (AvgIpc) is 2.79. The van der Waals surface area contributed by atoms with Crippen LogP contribution in [-0.4, -0.2) is 23.3 Å². The first-order valence-corrected chi connectivity index (χ1v) is 7.68. The first-order valence-electron chi connectivity index (χ1n) is 6.87. The lowest BCUT2D eigenvalue weighted by Crippen LogP contribution is -2.22. The van der Waals surface area contributed by atoms with Crippen molar-refractivity contribution in [2.24, 2.45) is 5.73 Å². The Kier molecular flexibility index (Phi) is 5.14. The summed E-state index contributed by atoms with van der Waals surface area (Å²) < 4.78 is 5.20. The summed E-state index contributed by atoms with van der Waals surface area (Å²) in [6.45, 7) is 3.12. The molecule has 0 saturated carbocycles. The van der Waals surface area contributed by atoms with Gasteiger partial charge in [-0.25, -0.2) is 0 Å². The third-order valence-corrected chi connectivity index (χ3v) is 4.43. The zero-order valence-electron chi connectivity index (χ0n) is 13.0. The van der Waals surface area contributed by atoms with Gasteiger partial charge in [0.15, 0.2) is 12.4 Å². The number of nitrogens with zero attached hydrogens (tertiary/aromatic N) is 1. The Labute approximate surface area is 141 Å². The van der Waals surface area contributed by atoms with E-state index in [0.29, 0.717) is 10.6 Å². The average molecular weight is 349 g/mol. The van der Waals surface area contributed by atoms with Crippen LogP contribution in [0.25, 0.3) is 0 Å². The predicted molar refractivity (Wildman–Crippen MR) is 89.5 cm³/mol. The van der Waals surface area contributed by atoms with E-state index < -0.39 is 23.3 Å². The quantitative estimate of drug-likeness (QED) is 0.612. The third-order valence-electron chi connectivity index (χ3n) is 3.31. The topological polar surface area (TPSA) is 125 Å². The van der Waals surface area contributed by atoms with E-state index in [-0.39, 0.29) is 17.0 Å². The summed E-state index contributed by atoms with van der Waals surface area (Å²) >= 11 is 1.23. The van der Waals surface area contributed by atoms with E-state index in [1.807, 2.05) is 6.92 Å². The fourth-order valence-corrected chi connectivity index (χ4v) is 3.13. The number of nitrogens with one attached hydrogen (secondary N) is 1. The Morgan fingerprint density at radius 2 is 2.00 bits per heavy atom. The number of hydrogen-bond acceptors (Lipinski definition) is 6. The lowest BCUT2D eigenvalue weighted by atomic mass is 10.1. The second kappa shape index (κ2) is 7.09. The molecular formula is C15H15N3O5S. The Balaban J connectivity index is 2.09. The summed E-state index contributed by atoms with van der Waals surface area (Å²) in [6, 6.07) is 5.75. The fraction of sp³-hybridized carbons (Fsp3) is 0.200. The van der Waals surface area contributed by atoms with Crippen LogP contribution < -0.4 is 15.8 Å². The first kappa shape index (κ1) is 17.4. The van der Waals surface area contributed by atoms with E-state index in [0.717, 1.165) is 4.88 Å². The normalized spacial score (nSPS) is 10.2. The van der Waals surface area contributed by atoms with Crippen molar-refractivity contribution in [1.29, 1.82) is 0 Å². The van der Waals surface area contributed by atoms with E-state index in [1.54, 1.807) is 13.0 Å². The lowest BCUT2D eigenvalue weighted by molar-refractivity contribution is -0.385. The number of carbonyl (C=O) groups excluding carboxylic acids is 2. The highest BCUT2D eigenvalue weighted by atomic mass is 32.1. The summed E-state index contributed by atoms with van der Waals surface area (Å²) in [4.78, 5) is 34.7. The molecule has 2 aromatic rings. The number of ether oxygens (including phenoxy) is 1. The maximum Gasteiger partial charge on any atom is 0.310 e. The molecule has 0 atom stereocenters. The van der Waals surface area contributed by atoms with Gasteiger partial charge in [-0.2, -0.15) is 0 Å². The van der Waals surface area contributed by atoms with Gasteiger partial charge in [-0.05, 0) is 25.5 Å². The zero-order chi connectivity index (χ0) is 17.9. The number of nitro benzene ring substituents is 1. The fourth-order valence-electron chi connectivity index (χ4n) is 2.05. The van der Waals surface area contributed by atoms with E-state index >= 15 is 0 Å². The van der Waals surface area contributed by atoms with E-state index in [2.05, 4.69) is 5.32 Å². The smallest absolute Gasteiger partial charge is 0.310 e. The Morgan fingerprint density at radius 3 is 2.62 bits per heavy atom. The van der Waals surface area contributed by atoms with E-state index in [4.69, 9.17) is 10.5 Å². The molecular weight excluding hydrogens is 334 g/mol. The van der Waals surface area contributed by atoms with Crippen LogP contribution in [0.1, 0.15) is 20.8 Å². The molecule has 9 heteroatoms. The molecule has 126 valence electrons. The van der Waals surface area contributed by atoms with Crippen LogP contribution in [0.5, 0.6) is 5.75 Å². The number of carbonyl (C=O) groups is 2. The molecule has 0 spiro atoms. The van der Waals surface area contributed by atoms with Crippen molar-refractivity contribution in [3.63, 3.8) is 0 Å². The largest absolute Gasteiger partial charge is 0.477 e. The highest BCUT2D eigenvalue weighted by Crippen LogP contribution is 2.32. The Hall–Kier alpha value is -2.94. The third kappa shape index (κ3) is 3.69. The van der Waals surface area contributed by atoms with Crippen LogP contribution in [0.15, 0.2) is 24.3 Å². The molecule has 1 aromatic carbocycles. The van der Waals surface area contributed by atoms with Crippen molar-refractivity contribution in [1.82, 2.24) is 0 Å². The summed E-state index contributed by atoms with van der Waals surface area (Å²) in [7, 11) is 0. The maximum absolute atomic E-state index is 12.0. The number of amides is 2. The highest BCUT2D eigenvalue weighted by molar-refractivity contribution is 7.16. The number of para-hydroxylation sites is 2. The van der Waals surface area contributed by atoms with Gasteiger partial charge in [0.2, 0.25) is 0 Å². The number of anilines is 1. The minimum Gasteiger partial charge on any atom is -0.477 e. The summed E-state index contributed by atoms with van der Waals surface area (Å²) in [5, 5.41) is 13.8. The second-order valence-corrected chi connectivity index (χ2v) is 6.14. The Morgan fingerprint density at radius 1 is 1.33 bits per heavy atom. The monoisotopic (exact) mass is 349 g/mol. The molecule has 0 fully saturated rings. The molecule has 0 aliphatic heterocycles. The number of primary amides is 1. The highest BCUT2D eigenvalue weighted by Gasteiger charge is 2.20. The van der Waals surface area contributed by atoms with Crippen LogP contribution in [0, 0.1) is 24.0 Å². The molecule has 24 heavy (non-hydrogen) atoms. The van der Waals surface area contributed by atoms with Crippen LogP contribution in [0.4, 0.5) is 10.7 Å². The minimum atomic E-state index is -0.633. The molecule has 0 aliphatic carbocycles. The van der Waals surface area contributed by atoms with E-state index in [9.17, 15) is 19.7 Å². The van der Waals surface area contributed by atoms with Crippen LogP contribution in [0.2, 0.25) is 0 Å². The summed E-state index contributed by atoms with van der Waals surface area (Å²) in [5.41, 5.74) is 6.07. The number of benzene rings is 1. The molecule has 3 N–H and O–H groups in total. The SMILES string of the molecule is Cc1sc(NC(=O)COc2ccccc2[N+](=O)[O-])c(C(N)=O)c1C.